The van der Waals surface area contributed by atoms with Gasteiger partial charge in [-0.3, -0.25) is 9.48 Å². The lowest BCUT2D eigenvalue weighted by Crippen LogP contribution is -2.23. The van der Waals surface area contributed by atoms with E-state index >= 15 is 0 Å². The summed E-state index contributed by atoms with van der Waals surface area (Å²) in [6, 6.07) is 15.0. The largest absolute Gasteiger partial charge is 0.348 e. The lowest BCUT2D eigenvalue weighted by Gasteiger charge is -2.09. The quantitative estimate of drug-likeness (QED) is 0.559. The molecule has 0 fully saturated rings. The lowest BCUT2D eigenvalue weighted by atomic mass is 10.1. The summed E-state index contributed by atoms with van der Waals surface area (Å²) in [5.74, 6) is -0.619. The first kappa shape index (κ1) is 18.1. The molecule has 4 aromatic rings. The van der Waals surface area contributed by atoms with Crippen molar-refractivity contribution < 1.29 is 9.18 Å². The summed E-state index contributed by atoms with van der Waals surface area (Å²) in [4.78, 5) is 17.4. The molecule has 0 saturated heterocycles. The highest BCUT2D eigenvalue weighted by molar-refractivity contribution is 6.30. The van der Waals surface area contributed by atoms with E-state index in [0.717, 1.165) is 5.56 Å². The molecule has 2 aromatic carbocycles. The van der Waals surface area contributed by atoms with E-state index in [4.69, 9.17) is 11.6 Å². The van der Waals surface area contributed by atoms with Gasteiger partial charge in [0.2, 0.25) is 0 Å². The second-order valence-electron chi connectivity index (χ2n) is 6.38. The Balaban J connectivity index is 1.70. The average molecular weight is 395 g/mol. The minimum atomic E-state index is -0.363. The summed E-state index contributed by atoms with van der Waals surface area (Å²) in [6.07, 6.45) is 1.61. The highest BCUT2D eigenvalue weighted by Gasteiger charge is 2.17. The summed E-state index contributed by atoms with van der Waals surface area (Å²) >= 11 is 5.89. The number of hydrogen-bond donors (Lipinski definition) is 1. The molecule has 140 valence electrons. The number of carbonyl (C=O) groups excluding carboxylic acids is 1. The van der Waals surface area contributed by atoms with Crippen molar-refractivity contribution in [3.8, 4) is 11.3 Å². The third kappa shape index (κ3) is 3.59. The number of aromatic nitrogens is 3. The Morgan fingerprint density at radius 1 is 1.18 bits per heavy atom. The van der Waals surface area contributed by atoms with Gasteiger partial charge in [-0.05, 0) is 35.9 Å². The zero-order chi connectivity index (χ0) is 19.7. The first-order valence-corrected chi connectivity index (χ1v) is 9.00. The van der Waals surface area contributed by atoms with Crippen LogP contribution in [0.2, 0.25) is 5.02 Å². The van der Waals surface area contributed by atoms with E-state index in [1.54, 1.807) is 48.3 Å². The lowest BCUT2D eigenvalue weighted by molar-refractivity contribution is 0.0952. The van der Waals surface area contributed by atoms with Gasteiger partial charge in [0.05, 0.1) is 22.8 Å². The van der Waals surface area contributed by atoms with Crippen molar-refractivity contribution in [2.75, 3.05) is 0 Å². The minimum absolute atomic E-state index is 0.256. The van der Waals surface area contributed by atoms with Crippen molar-refractivity contribution in [3.63, 3.8) is 0 Å². The van der Waals surface area contributed by atoms with Crippen LogP contribution in [0.15, 0.2) is 60.8 Å². The first-order valence-electron chi connectivity index (χ1n) is 8.62. The van der Waals surface area contributed by atoms with E-state index in [1.807, 2.05) is 12.1 Å². The van der Waals surface area contributed by atoms with Crippen LogP contribution in [0.1, 0.15) is 15.9 Å². The Morgan fingerprint density at radius 3 is 2.71 bits per heavy atom. The number of rotatable bonds is 4. The van der Waals surface area contributed by atoms with E-state index in [2.05, 4.69) is 15.4 Å². The fraction of sp³-hybridized carbons (Fsp3) is 0.0952. The van der Waals surface area contributed by atoms with Crippen LogP contribution in [0, 0.1) is 5.82 Å². The normalized spacial score (nSPS) is 11.0. The van der Waals surface area contributed by atoms with Crippen molar-refractivity contribution in [3.05, 3.63) is 82.8 Å². The smallest absolute Gasteiger partial charge is 0.252 e. The predicted octanol–water partition coefficient (Wildman–Crippen LogP) is 4.36. The van der Waals surface area contributed by atoms with Crippen molar-refractivity contribution in [1.29, 1.82) is 0 Å². The summed E-state index contributed by atoms with van der Waals surface area (Å²) in [5, 5.41) is 8.39. The highest BCUT2D eigenvalue weighted by Crippen LogP contribution is 2.25. The molecule has 0 aliphatic rings. The number of benzene rings is 2. The van der Waals surface area contributed by atoms with Crippen LogP contribution in [-0.4, -0.2) is 20.7 Å². The van der Waals surface area contributed by atoms with Crippen LogP contribution in [-0.2, 0) is 13.6 Å². The van der Waals surface area contributed by atoms with Crippen LogP contribution < -0.4 is 5.32 Å². The van der Waals surface area contributed by atoms with Crippen molar-refractivity contribution in [2.24, 2.45) is 7.05 Å². The number of fused-ring (bicyclic) bond motifs is 1. The van der Waals surface area contributed by atoms with Gasteiger partial charge in [-0.25, -0.2) is 9.37 Å². The van der Waals surface area contributed by atoms with Gasteiger partial charge in [0, 0.05) is 24.2 Å². The highest BCUT2D eigenvalue weighted by atomic mass is 35.5. The Hall–Kier alpha value is -3.25. The molecule has 5 nitrogen and oxygen atoms in total. The average Bonchev–Trinajstić information content (AvgIpc) is 3.07. The number of pyridine rings is 1. The summed E-state index contributed by atoms with van der Waals surface area (Å²) in [7, 11) is 1.75. The monoisotopic (exact) mass is 394 g/mol. The molecule has 0 radical (unpaired) electrons. The molecule has 2 aromatic heterocycles. The van der Waals surface area contributed by atoms with Crippen LogP contribution in [0.3, 0.4) is 0 Å². The Labute approximate surface area is 165 Å². The molecule has 7 heteroatoms. The molecule has 0 unspecified atom stereocenters. The van der Waals surface area contributed by atoms with Crippen molar-refractivity contribution in [1.82, 2.24) is 20.1 Å². The number of amides is 1. The van der Waals surface area contributed by atoms with Gasteiger partial charge in [-0.2, -0.15) is 5.10 Å². The number of halogens is 2. The molecule has 28 heavy (non-hydrogen) atoms. The third-order valence-corrected chi connectivity index (χ3v) is 4.69. The maximum absolute atomic E-state index is 13.6. The number of carbonyl (C=O) groups is 1. The molecule has 0 aliphatic heterocycles. The molecule has 1 N–H and O–H groups in total. The van der Waals surface area contributed by atoms with E-state index < -0.39 is 0 Å². The van der Waals surface area contributed by atoms with E-state index in [9.17, 15) is 9.18 Å². The third-order valence-electron chi connectivity index (χ3n) is 4.44. The predicted molar refractivity (Wildman–Crippen MR) is 107 cm³/mol. The standard InChI is InChI=1S/C21H16ClFN4O/c1-27-20-18(12-25-27)17(10-19(26-20)14-3-2-4-16(23)9-14)21(28)24-11-13-5-7-15(22)8-6-13/h2-10,12H,11H2,1H3,(H,24,28). The molecular formula is C21H16ClFN4O. The van der Waals surface area contributed by atoms with Crippen LogP contribution in [0.25, 0.3) is 22.3 Å². The Kier molecular flexibility index (Phi) is 4.79. The van der Waals surface area contributed by atoms with Crippen LogP contribution >= 0.6 is 11.6 Å². The van der Waals surface area contributed by atoms with Crippen molar-refractivity contribution >= 4 is 28.5 Å². The molecule has 0 saturated carbocycles. The number of hydrogen-bond acceptors (Lipinski definition) is 3. The molecule has 0 spiro atoms. The van der Waals surface area contributed by atoms with E-state index in [-0.39, 0.29) is 11.7 Å². The van der Waals surface area contributed by atoms with E-state index in [1.165, 1.54) is 12.1 Å². The zero-order valence-corrected chi connectivity index (χ0v) is 15.7. The second kappa shape index (κ2) is 7.40. The fourth-order valence-electron chi connectivity index (χ4n) is 2.98. The number of aryl methyl sites for hydroxylation is 1. The molecule has 2 heterocycles. The number of nitrogens with zero attached hydrogens (tertiary/aromatic N) is 3. The van der Waals surface area contributed by atoms with Gasteiger partial charge in [0.25, 0.3) is 5.91 Å². The summed E-state index contributed by atoms with van der Waals surface area (Å²) < 4.78 is 15.2. The topological polar surface area (TPSA) is 59.8 Å². The van der Waals surface area contributed by atoms with Gasteiger partial charge in [0.1, 0.15) is 5.82 Å². The van der Waals surface area contributed by atoms with Crippen LogP contribution in [0.5, 0.6) is 0 Å². The molecule has 0 bridgehead atoms. The van der Waals surface area contributed by atoms with Gasteiger partial charge in [-0.15, -0.1) is 0 Å². The van der Waals surface area contributed by atoms with Gasteiger partial charge in [-0.1, -0.05) is 35.9 Å². The molecule has 1 amide bonds. The SMILES string of the molecule is Cn1ncc2c(C(=O)NCc3ccc(Cl)cc3)cc(-c3cccc(F)c3)nc21. The fourth-order valence-corrected chi connectivity index (χ4v) is 3.10. The summed E-state index contributed by atoms with van der Waals surface area (Å²) in [6.45, 7) is 0.357. The molecule has 0 aliphatic carbocycles. The second-order valence-corrected chi connectivity index (χ2v) is 6.82. The van der Waals surface area contributed by atoms with Crippen molar-refractivity contribution in [2.45, 2.75) is 6.54 Å². The maximum Gasteiger partial charge on any atom is 0.252 e. The van der Waals surface area contributed by atoms with Gasteiger partial charge in [0.15, 0.2) is 5.65 Å². The van der Waals surface area contributed by atoms with Crippen LogP contribution in [0.4, 0.5) is 4.39 Å². The van der Waals surface area contributed by atoms with Gasteiger partial charge >= 0.3 is 0 Å². The zero-order valence-electron chi connectivity index (χ0n) is 15.0. The maximum atomic E-state index is 13.6. The van der Waals surface area contributed by atoms with E-state index in [0.29, 0.717) is 39.4 Å². The Bertz CT molecular complexity index is 1170. The molecule has 4 rings (SSSR count). The first-order chi connectivity index (χ1) is 13.5. The summed E-state index contributed by atoms with van der Waals surface area (Å²) in [5.41, 5.74) is 3.02. The Morgan fingerprint density at radius 2 is 1.96 bits per heavy atom. The minimum Gasteiger partial charge on any atom is -0.348 e. The van der Waals surface area contributed by atoms with Gasteiger partial charge < -0.3 is 5.32 Å². The molecule has 0 atom stereocenters. The molecular weight excluding hydrogens is 379 g/mol. The number of nitrogens with one attached hydrogen (secondary N) is 1.